The van der Waals surface area contributed by atoms with Crippen LogP contribution in [0.25, 0.3) is 0 Å². The molecule has 0 aromatic rings. The lowest BCUT2D eigenvalue weighted by Crippen LogP contribution is -2.53. The van der Waals surface area contributed by atoms with Gasteiger partial charge >= 0.3 is 0 Å². The molecule has 4 atom stereocenters. The molecule has 4 unspecified atom stereocenters. The molecule has 6 heteroatoms. The molecule has 0 fully saturated rings. The van der Waals surface area contributed by atoms with Gasteiger partial charge in [-0.1, -0.05) is 172 Å². The molecule has 0 spiro atoms. The van der Waals surface area contributed by atoms with E-state index in [1.807, 2.05) is 0 Å². The minimum Gasteiger partial charge on any atom is -0.394 e. The fourth-order valence-corrected chi connectivity index (χ4v) is 6.53. The van der Waals surface area contributed by atoms with Gasteiger partial charge in [-0.15, -0.1) is 0 Å². The van der Waals surface area contributed by atoms with E-state index in [1.54, 1.807) is 0 Å². The topological polar surface area (TPSA) is 110 Å². The first-order chi connectivity index (χ1) is 25.0. The Morgan fingerprint density at radius 1 is 0.471 bits per heavy atom. The molecule has 0 saturated heterocycles. The van der Waals surface area contributed by atoms with E-state index in [9.17, 15) is 25.2 Å². The summed E-state index contributed by atoms with van der Waals surface area (Å²) >= 11 is 0. The van der Waals surface area contributed by atoms with Gasteiger partial charge in [0, 0.05) is 0 Å². The normalized spacial score (nSPS) is 14.5. The van der Waals surface area contributed by atoms with Crippen LogP contribution in [0.3, 0.4) is 0 Å². The highest BCUT2D eigenvalue weighted by molar-refractivity contribution is 5.80. The Labute approximate surface area is 316 Å². The number of hydrogen-bond donors (Lipinski definition) is 5. The molecule has 0 aliphatic heterocycles. The third kappa shape index (κ3) is 34.1. The zero-order chi connectivity index (χ0) is 37.5. The number of carbonyl (C=O) groups excluding carboxylic acids is 1. The maximum atomic E-state index is 12.5. The number of carbonyl (C=O) groups is 1. The highest BCUT2D eigenvalue weighted by Crippen LogP contribution is 2.15. The number of aliphatic hydroxyl groups excluding tert-OH is 4. The predicted octanol–water partition coefficient (Wildman–Crippen LogP) is 11.3. The van der Waals surface area contributed by atoms with E-state index >= 15 is 0 Å². The van der Waals surface area contributed by atoms with Crippen molar-refractivity contribution in [3.05, 3.63) is 36.5 Å². The Hall–Kier alpha value is -1.47. The van der Waals surface area contributed by atoms with Crippen molar-refractivity contribution in [1.82, 2.24) is 5.32 Å². The first kappa shape index (κ1) is 49.5. The van der Waals surface area contributed by atoms with E-state index < -0.39 is 36.9 Å². The van der Waals surface area contributed by atoms with Gasteiger partial charge in [-0.2, -0.15) is 0 Å². The molecule has 1 amide bonds. The van der Waals surface area contributed by atoms with Crippen LogP contribution < -0.4 is 5.32 Å². The monoisotopic (exact) mass is 720 g/mol. The van der Waals surface area contributed by atoms with Crippen molar-refractivity contribution in [2.45, 2.75) is 237 Å². The second kappa shape index (κ2) is 39.7. The smallest absolute Gasteiger partial charge is 0.249 e. The zero-order valence-electron chi connectivity index (χ0n) is 33.6. The number of rotatable bonds is 39. The van der Waals surface area contributed by atoms with Crippen molar-refractivity contribution in [2.24, 2.45) is 0 Å². The quantitative estimate of drug-likeness (QED) is 0.0321. The summed E-state index contributed by atoms with van der Waals surface area (Å²) in [6.07, 6.45) is 46.0. The second-order valence-corrected chi connectivity index (χ2v) is 15.0. The molecule has 0 aliphatic carbocycles. The molecule has 0 aromatic carbocycles. The highest BCUT2D eigenvalue weighted by atomic mass is 16.3. The molecular formula is C45H85NO5. The number of amides is 1. The van der Waals surface area contributed by atoms with Gasteiger partial charge in [-0.3, -0.25) is 4.79 Å². The molecule has 0 heterocycles. The van der Waals surface area contributed by atoms with Crippen LogP contribution in [0, 0.1) is 0 Å². The Bertz CT molecular complexity index is 812. The summed E-state index contributed by atoms with van der Waals surface area (Å²) in [4.78, 5) is 12.5. The van der Waals surface area contributed by atoms with Crippen molar-refractivity contribution >= 4 is 5.91 Å². The lowest BCUT2D eigenvalue weighted by atomic mass is 10.00. The predicted molar refractivity (Wildman–Crippen MR) is 219 cm³/mol. The fourth-order valence-electron chi connectivity index (χ4n) is 6.53. The molecule has 5 N–H and O–H groups in total. The SMILES string of the molecule is CCCCCCC/C=C/CC/C=C/CCCC(O)C(O)C(CO)NC(=O)C(O)CCCCCCCC/C=C\CCCCCCCCCCCCC. The third-order valence-corrected chi connectivity index (χ3v) is 10.1. The maximum absolute atomic E-state index is 12.5. The van der Waals surface area contributed by atoms with Gasteiger partial charge in [-0.25, -0.2) is 0 Å². The number of unbranched alkanes of at least 4 members (excludes halogenated alkanes) is 24. The summed E-state index contributed by atoms with van der Waals surface area (Å²) in [6.45, 7) is 4.01. The van der Waals surface area contributed by atoms with Gasteiger partial charge < -0.3 is 25.7 Å². The van der Waals surface area contributed by atoms with Crippen molar-refractivity contribution < 1.29 is 25.2 Å². The van der Waals surface area contributed by atoms with Gasteiger partial charge in [-0.05, 0) is 77.0 Å². The second-order valence-electron chi connectivity index (χ2n) is 15.0. The van der Waals surface area contributed by atoms with Crippen LogP contribution >= 0.6 is 0 Å². The van der Waals surface area contributed by atoms with E-state index in [4.69, 9.17) is 0 Å². The van der Waals surface area contributed by atoms with E-state index in [0.29, 0.717) is 19.3 Å². The first-order valence-corrected chi connectivity index (χ1v) is 21.9. The Morgan fingerprint density at radius 3 is 1.24 bits per heavy atom. The van der Waals surface area contributed by atoms with E-state index in [0.717, 1.165) is 51.4 Å². The molecular weight excluding hydrogens is 634 g/mol. The molecule has 0 bridgehead atoms. The van der Waals surface area contributed by atoms with Crippen LogP contribution in [0.15, 0.2) is 36.5 Å². The standard InChI is InChI=1S/C45H85NO5/c1-3-5-7-9-11-13-15-17-19-20-21-22-23-24-25-27-29-31-33-35-37-39-43(49)45(51)46-41(40-47)44(50)42(48)38-36-34-32-30-28-26-18-16-14-12-10-8-6-4-2/h16,18,23-24,30,32,41-44,47-50H,3-15,17,19-22,25-29,31,33-40H2,1-2H3,(H,46,51)/b18-16+,24-23-,32-30+. The summed E-state index contributed by atoms with van der Waals surface area (Å²) in [5.41, 5.74) is 0. The van der Waals surface area contributed by atoms with Crippen molar-refractivity contribution in [2.75, 3.05) is 6.61 Å². The zero-order valence-corrected chi connectivity index (χ0v) is 33.6. The van der Waals surface area contributed by atoms with Crippen LogP contribution in [0.2, 0.25) is 0 Å². The van der Waals surface area contributed by atoms with Crippen molar-refractivity contribution in [3.63, 3.8) is 0 Å². The summed E-state index contributed by atoms with van der Waals surface area (Å²) < 4.78 is 0. The van der Waals surface area contributed by atoms with Crippen LogP contribution in [-0.4, -0.2) is 57.3 Å². The highest BCUT2D eigenvalue weighted by Gasteiger charge is 2.28. The van der Waals surface area contributed by atoms with Crippen molar-refractivity contribution in [1.29, 1.82) is 0 Å². The Morgan fingerprint density at radius 2 is 0.824 bits per heavy atom. The fraction of sp³-hybridized carbons (Fsp3) is 0.844. The molecule has 0 radical (unpaired) electrons. The van der Waals surface area contributed by atoms with Gasteiger partial charge in [0.15, 0.2) is 0 Å². The van der Waals surface area contributed by atoms with Gasteiger partial charge in [0.1, 0.15) is 12.2 Å². The maximum Gasteiger partial charge on any atom is 0.249 e. The van der Waals surface area contributed by atoms with E-state index in [1.165, 1.54) is 128 Å². The number of nitrogens with one attached hydrogen (secondary N) is 1. The summed E-state index contributed by atoms with van der Waals surface area (Å²) in [5.74, 6) is -0.603. The molecule has 0 saturated carbocycles. The third-order valence-electron chi connectivity index (χ3n) is 10.1. The van der Waals surface area contributed by atoms with Crippen LogP contribution in [-0.2, 0) is 4.79 Å². The average molecular weight is 720 g/mol. The minimum absolute atomic E-state index is 0.353. The molecule has 0 rings (SSSR count). The Kier molecular flexibility index (Phi) is 38.6. The molecule has 0 aromatic heterocycles. The van der Waals surface area contributed by atoms with Gasteiger partial charge in [0.2, 0.25) is 5.91 Å². The molecule has 300 valence electrons. The number of allylic oxidation sites excluding steroid dienone is 6. The summed E-state index contributed by atoms with van der Waals surface area (Å²) in [7, 11) is 0. The van der Waals surface area contributed by atoms with Crippen LogP contribution in [0.5, 0.6) is 0 Å². The summed E-state index contributed by atoms with van der Waals surface area (Å²) in [5, 5.41) is 43.6. The van der Waals surface area contributed by atoms with Crippen molar-refractivity contribution in [3.8, 4) is 0 Å². The number of aliphatic hydroxyl groups is 4. The minimum atomic E-state index is -1.29. The largest absolute Gasteiger partial charge is 0.394 e. The molecule has 0 aliphatic rings. The first-order valence-electron chi connectivity index (χ1n) is 21.9. The van der Waals surface area contributed by atoms with E-state index in [2.05, 4.69) is 55.6 Å². The van der Waals surface area contributed by atoms with Crippen LogP contribution in [0.1, 0.15) is 213 Å². The number of hydrogen-bond acceptors (Lipinski definition) is 5. The van der Waals surface area contributed by atoms with Gasteiger partial charge in [0.05, 0.1) is 18.8 Å². The Balaban J connectivity index is 3.79. The molecule has 6 nitrogen and oxygen atoms in total. The average Bonchev–Trinajstić information content (AvgIpc) is 3.13. The lowest BCUT2D eigenvalue weighted by Gasteiger charge is -2.27. The molecule has 51 heavy (non-hydrogen) atoms. The summed E-state index contributed by atoms with van der Waals surface area (Å²) in [6, 6.07) is -1.01. The van der Waals surface area contributed by atoms with Crippen LogP contribution in [0.4, 0.5) is 0 Å². The van der Waals surface area contributed by atoms with E-state index in [-0.39, 0.29) is 0 Å². The lowest BCUT2D eigenvalue weighted by molar-refractivity contribution is -0.132. The van der Waals surface area contributed by atoms with Gasteiger partial charge in [0.25, 0.3) is 0 Å².